The van der Waals surface area contributed by atoms with Crippen molar-refractivity contribution < 1.29 is 17.9 Å². The van der Waals surface area contributed by atoms with Crippen LogP contribution in [0.5, 0.6) is 0 Å². The summed E-state index contributed by atoms with van der Waals surface area (Å²) in [6, 6.07) is 13.1. The smallest absolute Gasteiger partial charge is 0.324 e. The Hall–Kier alpha value is -1.89. The molecule has 1 aliphatic rings. The van der Waals surface area contributed by atoms with Crippen molar-refractivity contribution in [3.05, 3.63) is 64.7 Å². The van der Waals surface area contributed by atoms with Crippen LogP contribution in [0.2, 0.25) is 5.02 Å². The van der Waals surface area contributed by atoms with Crippen LogP contribution in [-0.2, 0) is 26.2 Å². The van der Waals surface area contributed by atoms with Crippen molar-refractivity contribution in [1.29, 1.82) is 0 Å². The molecule has 0 aliphatic carbocycles. The van der Waals surface area contributed by atoms with Gasteiger partial charge in [0, 0.05) is 11.6 Å². The summed E-state index contributed by atoms with van der Waals surface area (Å²) in [6.45, 7) is 4.66. The number of halogens is 1. The van der Waals surface area contributed by atoms with Gasteiger partial charge in [-0.05, 0) is 54.2 Å². The first-order valence-electron chi connectivity index (χ1n) is 9.32. The molecule has 0 aromatic heterocycles. The standard InChI is InChI=1S/C21H24ClNO4S/c1-15(2)17-7-5-16(6-8-17)14-27-21(24)20-4-3-13-23(20)28(25,26)19-11-9-18(22)10-12-19/h5-12,15,20H,3-4,13-14H2,1-2H3/t20-/m0/s1. The second-order valence-electron chi connectivity index (χ2n) is 7.23. The minimum atomic E-state index is -3.77. The number of esters is 1. The minimum absolute atomic E-state index is 0.126. The maximum atomic E-state index is 12.9. The van der Waals surface area contributed by atoms with Crippen LogP contribution in [0, 0.1) is 0 Å². The van der Waals surface area contributed by atoms with Gasteiger partial charge in [0.05, 0.1) is 4.90 Å². The van der Waals surface area contributed by atoms with Crippen molar-refractivity contribution in [2.45, 2.75) is 50.2 Å². The van der Waals surface area contributed by atoms with E-state index in [4.69, 9.17) is 16.3 Å². The third kappa shape index (κ3) is 4.57. The Balaban J connectivity index is 1.68. The molecule has 1 saturated heterocycles. The normalized spacial score (nSPS) is 17.8. The largest absolute Gasteiger partial charge is 0.460 e. The molecule has 0 radical (unpaired) electrons. The lowest BCUT2D eigenvalue weighted by Gasteiger charge is -2.22. The summed E-state index contributed by atoms with van der Waals surface area (Å²) in [5.41, 5.74) is 2.09. The average molecular weight is 422 g/mol. The molecule has 1 heterocycles. The molecule has 0 unspecified atom stereocenters. The van der Waals surface area contributed by atoms with Gasteiger partial charge in [0.1, 0.15) is 12.6 Å². The Morgan fingerprint density at radius 1 is 1.14 bits per heavy atom. The molecule has 150 valence electrons. The SMILES string of the molecule is CC(C)c1ccc(COC(=O)[C@@H]2CCCN2S(=O)(=O)c2ccc(Cl)cc2)cc1. The molecule has 0 saturated carbocycles. The minimum Gasteiger partial charge on any atom is -0.460 e. The van der Waals surface area contributed by atoms with Gasteiger partial charge in [0.2, 0.25) is 10.0 Å². The van der Waals surface area contributed by atoms with Gasteiger partial charge in [-0.1, -0.05) is 49.7 Å². The lowest BCUT2D eigenvalue weighted by molar-refractivity contribution is -0.148. The number of hydrogen-bond acceptors (Lipinski definition) is 4. The summed E-state index contributed by atoms with van der Waals surface area (Å²) in [5.74, 6) is -0.0790. The van der Waals surface area contributed by atoms with E-state index in [9.17, 15) is 13.2 Å². The Morgan fingerprint density at radius 3 is 2.39 bits per heavy atom. The van der Waals surface area contributed by atoms with Crippen LogP contribution in [0.25, 0.3) is 0 Å². The Labute approximate surface area is 171 Å². The number of sulfonamides is 1. The molecule has 1 fully saturated rings. The summed E-state index contributed by atoms with van der Waals surface area (Å²) >= 11 is 5.84. The predicted molar refractivity (Wildman–Crippen MR) is 109 cm³/mol. The number of ether oxygens (including phenoxy) is 1. The van der Waals surface area contributed by atoms with Crippen LogP contribution in [0.3, 0.4) is 0 Å². The number of nitrogens with zero attached hydrogens (tertiary/aromatic N) is 1. The maximum absolute atomic E-state index is 12.9. The van der Waals surface area contributed by atoms with E-state index in [0.29, 0.717) is 30.3 Å². The van der Waals surface area contributed by atoms with Crippen LogP contribution >= 0.6 is 11.6 Å². The van der Waals surface area contributed by atoms with E-state index in [1.807, 2.05) is 24.3 Å². The summed E-state index contributed by atoms with van der Waals surface area (Å²) in [6.07, 6.45) is 1.08. The Morgan fingerprint density at radius 2 is 1.79 bits per heavy atom. The van der Waals surface area contributed by atoms with E-state index >= 15 is 0 Å². The predicted octanol–water partition coefficient (Wildman–Crippen LogP) is 4.36. The van der Waals surface area contributed by atoms with E-state index in [2.05, 4.69) is 13.8 Å². The second-order valence-corrected chi connectivity index (χ2v) is 9.56. The maximum Gasteiger partial charge on any atom is 0.324 e. The first kappa shape index (κ1) is 20.8. The van der Waals surface area contributed by atoms with Gasteiger partial charge in [0.15, 0.2) is 0 Å². The Bertz CT molecular complexity index is 924. The van der Waals surface area contributed by atoms with E-state index < -0.39 is 22.0 Å². The van der Waals surface area contributed by atoms with E-state index in [1.165, 1.54) is 34.1 Å². The third-order valence-corrected chi connectivity index (χ3v) is 7.10. The highest BCUT2D eigenvalue weighted by Crippen LogP contribution is 2.28. The second kappa shape index (κ2) is 8.64. The van der Waals surface area contributed by atoms with Crippen LogP contribution < -0.4 is 0 Å². The summed E-state index contributed by atoms with van der Waals surface area (Å²) in [5, 5.41) is 0.458. The molecule has 2 aromatic carbocycles. The first-order chi connectivity index (χ1) is 13.3. The van der Waals surface area contributed by atoms with E-state index in [0.717, 1.165) is 5.56 Å². The van der Waals surface area contributed by atoms with Crippen molar-refractivity contribution in [3.8, 4) is 0 Å². The molecular formula is C21H24ClNO4S. The molecule has 1 atom stereocenters. The van der Waals surface area contributed by atoms with Crippen LogP contribution in [0.4, 0.5) is 0 Å². The molecule has 0 bridgehead atoms. The van der Waals surface area contributed by atoms with Gasteiger partial charge in [0.25, 0.3) is 0 Å². The molecular weight excluding hydrogens is 398 g/mol. The number of benzene rings is 2. The average Bonchev–Trinajstić information content (AvgIpc) is 3.17. The number of carbonyl (C=O) groups excluding carboxylic acids is 1. The van der Waals surface area contributed by atoms with Crippen molar-refractivity contribution in [2.24, 2.45) is 0 Å². The molecule has 0 spiro atoms. The quantitative estimate of drug-likeness (QED) is 0.650. The fourth-order valence-electron chi connectivity index (χ4n) is 3.25. The number of carbonyl (C=O) groups is 1. The summed E-state index contributed by atoms with van der Waals surface area (Å²) < 4.78 is 32.5. The van der Waals surface area contributed by atoms with E-state index in [-0.39, 0.29) is 11.5 Å². The van der Waals surface area contributed by atoms with Crippen LogP contribution in [-0.4, -0.2) is 31.3 Å². The number of hydrogen-bond donors (Lipinski definition) is 0. The molecule has 1 aliphatic heterocycles. The first-order valence-corrected chi connectivity index (χ1v) is 11.1. The zero-order valence-electron chi connectivity index (χ0n) is 16.0. The monoisotopic (exact) mass is 421 g/mol. The van der Waals surface area contributed by atoms with Crippen LogP contribution in [0.15, 0.2) is 53.4 Å². The fraction of sp³-hybridized carbons (Fsp3) is 0.381. The highest BCUT2D eigenvalue weighted by Gasteiger charge is 2.40. The van der Waals surface area contributed by atoms with Gasteiger partial charge in [-0.2, -0.15) is 4.31 Å². The molecule has 2 aromatic rings. The van der Waals surface area contributed by atoms with Gasteiger partial charge in [-0.3, -0.25) is 4.79 Å². The zero-order valence-corrected chi connectivity index (χ0v) is 17.5. The van der Waals surface area contributed by atoms with Gasteiger partial charge >= 0.3 is 5.97 Å². The van der Waals surface area contributed by atoms with Gasteiger partial charge < -0.3 is 4.74 Å². The number of rotatable bonds is 6. The van der Waals surface area contributed by atoms with Crippen molar-refractivity contribution in [2.75, 3.05) is 6.54 Å². The summed E-state index contributed by atoms with van der Waals surface area (Å²) in [4.78, 5) is 12.7. The van der Waals surface area contributed by atoms with Crippen molar-refractivity contribution >= 4 is 27.6 Å². The lowest BCUT2D eigenvalue weighted by Crippen LogP contribution is -2.41. The highest BCUT2D eigenvalue weighted by atomic mass is 35.5. The topological polar surface area (TPSA) is 63.7 Å². The zero-order chi connectivity index (χ0) is 20.3. The summed E-state index contributed by atoms with van der Waals surface area (Å²) in [7, 11) is -3.77. The Kier molecular flexibility index (Phi) is 6.43. The van der Waals surface area contributed by atoms with Crippen molar-refractivity contribution in [1.82, 2.24) is 4.31 Å². The lowest BCUT2D eigenvalue weighted by atomic mass is 10.0. The van der Waals surface area contributed by atoms with E-state index in [1.54, 1.807) is 0 Å². The molecule has 3 rings (SSSR count). The molecule has 0 N–H and O–H groups in total. The van der Waals surface area contributed by atoms with Crippen molar-refractivity contribution in [3.63, 3.8) is 0 Å². The molecule has 28 heavy (non-hydrogen) atoms. The molecule has 5 nitrogen and oxygen atoms in total. The molecule has 0 amide bonds. The fourth-order valence-corrected chi connectivity index (χ4v) is 5.03. The third-order valence-electron chi connectivity index (χ3n) is 4.92. The van der Waals surface area contributed by atoms with Gasteiger partial charge in [-0.15, -0.1) is 0 Å². The molecule has 7 heteroatoms. The van der Waals surface area contributed by atoms with Crippen LogP contribution in [0.1, 0.15) is 43.7 Å². The highest BCUT2D eigenvalue weighted by molar-refractivity contribution is 7.89. The van der Waals surface area contributed by atoms with Gasteiger partial charge in [-0.25, -0.2) is 8.42 Å².